The van der Waals surface area contributed by atoms with Crippen molar-refractivity contribution in [3.05, 3.63) is 144 Å². The minimum atomic E-state index is -1.07. The second-order valence-corrected chi connectivity index (χ2v) is 11.7. The third kappa shape index (κ3) is 11.1. The van der Waals surface area contributed by atoms with Crippen LogP contribution in [0.3, 0.4) is 0 Å². The van der Waals surface area contributed by atoms with Crippen LogP contribution in [-0.4, -0.2) is 61.6 Å². The first-order valence-corrected chi connectivity index (χ1v) is 16.1. The third-order valence-electron chi connectivity index (χ3n) is 7.79. The maximum absolute atomic E-state index is 13.1. The molecule has 4 N–H and O–H groups in total. The maximum Gasteiger partial charge on any atom is 0.317 e. The lowest BCUT2D eigenvalue weighted by atomic mass is 9.99. The zero-order chi connectivity index (χ0) is 36.9. The lowest BCUT2D eigenvalue weighted by molar-refractivity contribution is -0.136. The van der Waals surface area contributed by atoms with Gasteiger partial charge in [-0.3, -0.25) is 29.7 Å². The van der Waals surface area contributed by atoms with E-state index in [1.165, 1.54) is 24.3 Å². The summed E-state index contributed by atoms with van der Waals surface area (Å²) in [5.41, 5.74) is 10.4. The number of rotatable bonds is 15. The van der Waals surface area contributed by atoms with Crippen LogP contribution in [0.2, 0.25) is 0 Å². The number of carbonyl (C=O) groups is 3. The number of aliphatic carboxylic acids is 1. The third-order valence-corrected chi connectivity index (χ3v) is 7.79. The second-order valence-electron chi connectivity index (χ2n) is 11.7. The molecule has 6 rings (SSSR count). The van der Waals surface area contributed by atoms with Crippen molar-refractivity contribution < 1.29 is 37.3 Å². The normalized spacial score (nSPS) is 12.0. The van der Waals surface area contributed by atoms with E-state index in [1.54, 1.807) is 73.3 Å². The molecule has 52 heavy (non-hydrogen) atoms. The molecule has 0 spiro atoms. The minimum Gasteiger partial charge on any atom is -0.480 e. The minimum absolute atomic E-state index is 0.0451. The number of carbonyl (C=O) groups excluding carboxylic acids is 2. The summed E-state index contributed by atoms with van der Waals surface area (Å²) in [6.45, 7) is -0.365. The zero-order valence-corrected chi connectivity index (χ0v) is 27.7. The van der Waals surface area contributed by atoms with E-state index in [2.05, 4.69) is 25.6 Å². The van der Waals surface area contributed by atoms with E-state index in [9.17, 15) is 23.2 Å². The quantitative estimate of drug-likeness (QED) is 0.132. The van der Waals surface area contributed by atoms with E-state index in [1.807, 2.05) is 12.1 Å². The predicted octanol–water partition coefficient (Wildman–Crippen LogP) is 4.83. The van der Waals surface area contributed by atoms with Gasteiger partial charge in [0.05, 0.1) is 31.5 Å². The van der Waals surface area contributed by atoms with E-state index < -0.39 is 18.1 Å². The Bertz CT molecular complexity index is 2060. The molecule has 12 nitrogen and oxygen atoms in total. The lowest BCUT2D eigenvalue weighted by Gasteiger charge is -2.16. The molecule has 4 aromatic heterocycles. The molecule has 2 atom stereocenters. The first-order valence-electron chi connectivity index (χ1n) is 16.1. The van der Waals surface area contributed by atoms with Crippen LogP contribution in [0.15, 0.2) is 119 Å². The zero-order valence-electron chi connectivity index (χ0n) is 27.7. The summed E-state index contributed by atoms with van der Waals surface area (Å²) in [6, 6.07) is 20.8. The Morgan fingerprint density at radius 2 is 1.12 bits per heavy atom. The molecule has 0 radical (unpaired) electrons. The molecule has 0 aliphatic heterocycles. The summed E-state index contributed by atoms with van der Waals surface area (Å²) in [6.07, 6.45) is 7.19. The molecule has 0 fully saturated rings. The van der Waals surface area contributed by atoms with Crippen LogP contribution in [0.5, 0.6) is 0 Å². The predicted molar refractivity (Wildman–Crippen MR) is 184 cm³/mol. The fraction of sp³-hybridized carbons (Fsp3) is 0.184. The number of nitrogens with zero attached hydrogens (tertiary/aromatic N) is 4. The molecule has 6 aromatic rings. The van der Waals surface area contributed by atoms with Crippen molar-refractivity contribution in [2.45, 2.75) is 37.8 Å². The molecular formula is C38H34F2N6O6. The monoisotopic (exact) mass is 708 g/mol. The van der Waals surface area contributed by atoms with E-state index in [0.29, 0.717) is 34.9 Å². The summed E-state index contributed by atoms with van der Waals surface area (Å²) in [5.74, 6) is -1.34. The molecule has 4 heterocycles. The van der Waals surface area contributed by atoms with Gasteiger partial charge in [-0.05, 0) is 72.5 Å². The Labute approximate surface area is 296 Å². The molecular weight excluding hydrogens is 674 g/mol. The average molecular weight is 709 g/mol. The molecule has 0 saturated carbocycles. The molecule has 14 heteroatoms. The van der Waals surface area contributed by atoms with Crippen molar-refractivity contribution in [2.75, 3.05) is 6.54 Å². The number of carboxylic acids is 1. The van der Waals surface area contributed by atoms with Gasteiger partial charge >= 0.3 is 5.97 Å². The van der Waals surface area contributed by atoms with E-state index in [4.69, 9.17) is 19.9 Å². The topological polar surface area (TPSA) is 187 Å². The molecule has 266 valence electrons. The van der Waals surface area contributed by atoms with Gasteiger partial charge in [-0.15, -0.1) is 0 Å². The molecule has 0 unspecified atom stereocenters. The van der Waals surface area contributed by atoms with Gasteiger partial charge in [0.15, 0.2) is 11.6 Å². The summed E-state index contributed by atoms with van der Waals surface area (Å²) in [5, 5.41) is 19.5. The molecule has 0 saturated heterocycles. The molecule has 2 aromatic carbocycles. The highest BCUT2D eigenvalue weighted by Gasteiger charge is 2.22. The van der Waals surface area contributed by atoms with Crippen LogP contribution >= 0.6 is 0 Å². The van der Waals surface area contributed by atoms with Gasteiger partial charge in [0.1, 0.15) is 34.5 Å². The molecule has 0 aliphatic rings. The molecule has 0 amide bonds. The number of hydrogen-bond acceptors (Lipinski definition) is 11. The van der Waals surface area contributed by atoms with Crippen molar-refractivity contribution in [1.82, 2.24) is 25.6 Å². The van der Waals surface area contributed by atoms with Crippen LogP contribution in [0.1, 0.15) is 22.6 Å². The first-order chi connectivity index (χ1) is 25.1. The number of nitrogens with one attached hydrogen (secondary N) is 1. The molecule has 0 bridgehead atoms. The highest BCUT2D eigenvalue weighted by Crippen LogP contribution is 2.20. The summed E-state index contributed by atoms with van der Waals surface area (Å²) in [7, 11) is 0. The highest BCUT2D eigenvalue weighted by molar-refractivity contribution is 5.87. The van der Waals surface area contributed by atoms with Gasteiger partial charge in [-0.2, -0.15) is 0 Å². The largest absolute Gasteiger partial charge is 0.480 e. The van der Waals surface area contributed by atoms with Gasteiger partial charge < -0.3 is 19.9 Å². The maximum atomic E-state index is 13.1. The van der Waals surface area contributed by atoms with Crippen molar-refractivity contribution in [3.63, 3.8) is 0 Å². The number of aromatic nitrogens is 4. The van der Waals surface area contributed by atoms with Crippen molar-refractivity contribution in [2.24, 2.45) is 5.73 Å². The second kappa shape index (κ2) is 18.1. The van der Waals surface area contributed by atoms with Crippen molar-refractivity contribution in [3.8, 4) is 22.5 Å². The fourth-order valence-corrected chi connectivity index (χ4v) is 5.06. The number of carboxylic acid groups (broad SMARTS) is 1. The Kier molecular flexibility index (Phi) is 12.9. The number of halogens is 2. The van der Waals surface area contributed by atoms with Crippen molar-refractivity contribution in [1.29, 1.82) is 0 Å². The SMILES string of the molecule is N[C@@H](Cc1ccc(F)cc1)C(=O)Cc1cc(-c2ccncc2)no1.O=C(O)CN[C@@H](Cc1ccc(F)cc1)C(=O)Cc1cc(-c2ccncc2)no1. The Hall–Kier alpha value is -6.25. The smallest absolute Gasteiger partial charge is 0.317 e. The van der Waals surface area contributed by atoms with Crippen LogP contribution in [0, 0.1) is 11.6 Å². The fourth-order valence-electron chi connectivity index (χ4n) is 5.06. The van der Waals surface area contributed by atoms with Gasteiger partial charge in [-0.1, -0.05) is 34.6 Å². The number of Topliss-reactive ketones (excluding diaryl/α,β-unsaturated/α-hetero) is 2. The van der Waals surface area contributed by atoms with E-state index in [0.717, 1.165) is 16.7 Å². The number of ketones is 2. The average Bonchev–Trinajstić information content (AvgIpc) is 3.83. The summed E-state index contributed by atoms with van der Waals surface area (Å²) in [4.78, 5) is 43.7. The van der Waals surface area contributed by atoms with E-state index >= 15 is 0 Å². The van der Waals surface area contributed by atoms with Gasteiger partial charge in [0.25, 0.3) is 0 Å². The number of pyridine rings is 2. The standard InChI is InChI=1S/C20H18FN3O4.C18H16FN3O2/c21-15-3-1-13(2-4-15)9-18(23-12-20(26)27)19(25)11-16-10-17(24-28-16)14-5-7-22-8-6-14;19-14-3-1-12(2-4-14)9-16(20)18(23)11-15-10-17(22-24-15)13-5-7-21-8-6-13/h1-8,10,18,23H,9,11-12H2,(H,26,27);1-8,10,16H,9,11,20H2/t18-;16-/m00/s1. The Morgan fingerprint density at radius 1 is 0.673 bits per heavy atom. The van der Waals surface area contributed by atoms with Gasteiger partial charge in [-0.25, -0.2) is 8.78 Å². The van der Waals surface area contributed by atoms with Crippen molar-refractivity contribution >= 4 is 17.5 Å². The van der Waals surface area contributed by atoms with Crippen LogP contribution < -0.4 is 11.1 Å². The molecule has 0 aliphatic carbocycles. The van der Waals surface area contributed by atoms with Crippen LogP contribution in [0.25, 0.3) is 22.5 Å². The Balaban J connectivity index is 0.000000203. The highest BCUT2D eigenvalue weighted by atomic mass is 19.1. The number of nitrogens with two attached hydrogens (primary N) is 1. The van der Waals surface area contributed by atoms with E-state index in [-0.39, 0.29) is 49.0 Å². The lowest BCUT2D eigenvalue weighted by Crippen LogP contribution is -2.42. The summed E-state index contributed by atoms with van der Waals surface area (Å²) < 4.78 is 36.4. The van der Waals surface area contributed by atoms with Crippen LogP contribution in [0.4, 0.5) is 8.78 Å². The Morgan fingerprint density at radius 3 is 1.58 bits per heavy atom. The van der Waals surface area contributed by atoms with Crippen LogP contribution in [-0.2, 0) is 40.1 Å². The van der Waals surface area contributed by atoms with Gasteiger partial charge in [0.2, 0.25) is 0 Å². The first kappa shape index (κ1) is 37.0. The van der Waals surface area contributed by atoms with Gasteiger partial charge in [0, 0.05) is 48.0 Å². The summed E-state index contributed by atoms with van der Waals surface area (Å²) >= 11 is 0. The number of benzene rings is 2. The number of hydrogen-bond donors (Lipinski definition) is 3.